The van der Waals surface area contributed by atoms with Crippen LogP contribution in [-0.2, 0) is 19.1 Å². The first kappa shape index (κ1) is 11.5. The van der Waals surface area contributed by atoms with Gasteiger partial charge in [0.15, 0.2) is 0 Å². The van der Waals surface area contributed by atoms with Gasteiger partial charge in [0.1, 0.15) is 0 Å². The Bertz CT molecular complexity index is 354. The Hall–Kier alpha value is -1.58. The highest BCUT2D eigenvalue weighted by atomic mass is 16.5. The first-order chi connectivity index (χ1) is 7.00. The predicted molar refractivity (Wildman–Crippen MR) is 54.0 cm³/mol. The summed E-state index contributed by atoms with van der Waals surface area (Å²) in [4.78, 5) is 22.8. The number of hydrogen-bond acceptors (Lipinski definition) is 4. The van der Waals surface area contributed by atoms with Crippen LogP contribution >= 0.6 is 0 Å². The van der Waals surface area contributed by atoms with Crippen LogP contribution in [0.3, 0.4) is 0 Å². The molecule has 0 fully saturated rings. The molecule has 0 amide bonds. The third-order valence-electron chi connectivity index (χ3n) is 2.69. The van der Waals surface area contributed by atoms with Crippen molar-refractivity contribution in [2.45, 2.75) is 13.3 Å². The van der Waals surface area contributed by atoms with Crippen molar-refractivity contribution in [1.82, 2.24) is 0 Å². The van der Waals surface area contributed by atoms with E-state index in [1.165, 1.54) is 14.2 Å². The summed E-state index contributed by atoms with van der Waals surface area (Å²) in [7, 11) is 2.57. The van der Waals surface area contributed by atoms with Crippen molar-refractivity contribution in [2.75, 3.05) is 14.2 Å². The van der Waals surface area contributed by atoms with Crippen LogP contribution in [0.2, 0.25) is 0 Å². The lowest BCUT2D eigenvalue weighted by Crippen LogP contribution is -2.37. The van der Waals surface area contributed by atoms with Crippen molar-refractivity contribution >= 4 is 11.9 Å². The fourth-order valence-electron chi connectivity index (χ4n) is 1.71. The van der Waals surface area contributed by atoms with Gasteiger partial charge >= 0.3 is 11.9 Å². The second-order valence-corrected chi connectivity index (χ2v) is 3.64. The maximum Gasteiger partial charge on any atom is 0.335 e. The SMILES string of the molecule is C=CC1(C)CC(C(=O)OC)=C1C(=O)OC. The summed E-state index contributed by atoms with van der Waals surface area (Å²) in [6, 6.07) is 0. The van der Waals surface area contributed by atoms with Crippen LogP contribution in [-0.4, -0.2) is 26.2 Å². The maximum absolute atomic E-state index is 11.5. The van der Waals surface area contributed by atoms with Crippen molar-refractivity contribution in [3.63, 3.8) is 0 Å². The Morgan fingerprint density at radius 3 is 2.27 bits per heavy atom. The van der Waals surface area contributed by atoms with Crippen molar-refractivity contribution in [1.29, 1.82) is 0 Å². The lowest BCUT2D eigenvalue weighted by atomic mass is 9.65. The van der Waals surface area contributed by atoms with Gasteiger partial charge < -0.3 is 9.47 Å². The Balaban J connectivity index is 3.13. The minimum absolute atomic E-state index is 0.354. The standard InChI is InChI=1S/C11H14O4/c1-5-11(2)6-7(9(12)14-3)8(11)10(13)15-4/h5H,1,6H2,2-4H3. The quantitative estimate of drug-likeness (QED) is 0.519. The second kappa shape index (κ2) is 3.88. The molecule has 0 aromatic heterocycles. The number of esters is 2. The van der Waals surface area contributed by atoms with E-state index in [1.54, 1.807) is 6.08 Å². The van der Waals surface area contributed by atoms with E-state index in [1.807, 2.05) is 6.92 Å². The van der Waals surface area contributed by atoms with Crippen LogP contribution in [0.5, 0.6) is 0 Å². The lowest BCUT2D eigenvalue weighted by Gasteiger charge is -2.38. The zero-order valence-electron chi connectivity index (χ0n) is 9.12. The normalized spacial score (nSPS) is 24.2. The highest BCUT2D eigenvalue weighted by Crippen LogP contribution is 2.47. The fourth-order valence-corrected chi connectivity index (χ4v) is 1.71. The molecule has 0 aromatic rings. The van der Waals surface area contributed by atoms with Gasteiger partial charge in [0, 0.05) is 11.0 Å². The summed E-state index contributed by atoms with van der Waals surface area (Å²) in [6.07, 6.45) is 2.11. The summed E-state index contributed by atoms with van der Waals surface area (Å²) in [5.74, 6) is -0.973. The van der Waals surface area contributed by atoms with Gasteiger partial charge in [-0.2, -0.15) is 0 Å². The lowest BCUT2D eigenvalue weighted by molar-refractivity contribution is -0.142. The molecule has 0 saturated heterocycles. The van der Waals surface area contributed by atoms with Gasteiger partial charge in [-0.3, -0.25) is 0 Å². The summed E-state index contributed by atoms with van der Waals surface area (Å²) in [5.41, 5.74) is 0.259. The van der Waals surface area contributed by atoms with Crippen molar-refractivity contribution < 1.29 is 19.1 Å². The van der Waals surface area contributed by atoms with E-state index < -0.39 is 17.4 Å². The molecule has 82 valence electrons. The maximum atomic E-state index is 11.5. The Labute approximate surface area is 88.6 Å². The molecule has 0 heterocycles. The molecule has 0 N–H and O–H groups in total. The molecule has 0 aliphatic heterocycles. The van der Waals surface area contributed by atoms with E-state index in [9.17, 15) is 9.59 Å². The summed E-state index contributed by atoms with van der Waals surface area (Å²) in [5, 5.41) is 0. The zero-order valence-corrected chi connectivity index (χ0v) is 9.12. The summed E-state index contributed by atoms with van der Waals surface area (Å²) < 4.78 is 9.20. The van der Waals surface area contributed by atoms with Crippen molar-refractivity contribution in [3.05, 3.63) is 23.8 Å². The molecule has 0 bridgehead atoms. The van der Waals surface area contributed by atoms with Crippen molar-refractivity contribution in [2.24, 2.45) is 5.41 Å². The number of carbonyl (C=O) groups excluding carboxylic acids is 2. The molecule has 1 atom stereocenters. The number of carbonyl (C=O) groups is 2. The van der Waals surface area contributed by atoms with Crippen LogP contribution < -0.4 is 0 Å². The monoisotopic (exact) mass is 210 g/mol. The number of allylic oxidation sites excluding steroid dienone is 1. The first-order valence-corrected chi connectivity index (χ1v) is 4.54. The van der Waals surface area contributed by atoms with E-state index in [4.69, 9.17) is 0 Å². The topological polar surface area (TPSA) is 52.6 Å². The highest BCUT2D eigenvalue weighted by Gasteiger charge is 2.46. The number of hydrogen-bond donors (Lipinski definition) is 0. The molecular formula is C11H14O4. The minimum Gasteiger partial charge on any atom is -0.466 e. The number of ether oxygens (including phenoxy) is 2. The third kappa shape index (κ3) is 1.67. The minimum atomic E-state index is -0.496. The molecule has 1 aliphatic carbocycles. The Morgan fingerprint density at radius 2 is 1.87 bits per heavy atom. The van der Waals surface area contributed by atoms with E-state index in [-0.39, 0.29) is 0 Å². The summed E-state index contributed by atoms with van der Waals surface area (Å²) >= 11 is 0. The van der Waals surface area contributed by atoms with Gasteiger partial charge in [0.05, 0.1) is 19.8 Å². The van der Waals surface area contributed by atoms with E-state index in [2.05, 4.69) is 16.1 Å². The smallest absolute Gasteiger partial charge is 0.335 e. The van der Waals surface area contributed by atoms with Crippen LogP contribution in [0.1, 0.15) is 13.3 Å². The van der Waals surface area contributed by atoms with Gasteiger partial charge in [-0.25, -0.2) is 9.59 Å². The van der Waals surface area contributed by atoms with Crippen molar-refractivity contribution in [3.8, 4) is 0 Å². The van der Waals surface area contributed by atoms with Crippen LogP contribution in [0, 0.1) is 5.41 Å². The molecule has 1 rings (SSSR count). The predicted octanol–water partition coefficient (Wildman–Crippen LogP) is 1.22. The third-order valence-corrected chi connectivity index (χ3v) is 2.69. The van der Waals surface area contributed by atoms with Crippen LogP contribution in [0.25, 0.3) is 0 Å². The Kier molecular flexibility index (Phi) is 2.98. The number of rotatable bonds is 3. The summed E-state index contributed by atoms with van der Waals surface area (Å²) in [6.45, 7) is 5.48. The van der Waals surface area contributed by atoms with Gasteiger partial charge in [-0.05, 0) is 6.42 Å². The first-order valence-electron chi connectivity index (χ1n) is 4.54. The molecule has 0 saturated carbocycles. The number of methoxy groups -OCH3 is 2. The molecule has 4 nitrogen and oxygen atoms in total. The highest BCUT2D eigenvalue weighted by molar-refractivity contribution is 6.04. The Morgan fingerprint density at radius 1 is 1.33 bits per heavy atom. The van der Waals surface area contributed by atoms with Crippen LogP contribution in [0.4, 0.5) is 0 Å². The van der Waals surface area contributed by atoms with Crippen LogP contribution in [0.15, 0.2) is 23.8 Å². The molecule has 0 spiro atoms. The van der Waals surface area contributed by atoms with E-state index in [0.717, 1.165) is 0 Å². The zero-order chi connectivity index (χ0) is 11.6. The van der Waals surface area contributed by atoms with Gasteiger partial charge in [0.2, 0.25) is 0 Å². The molecule has 0 radical (unpaired) electrons. The molecule has 15 heavy (non-hydrogen) atoms. The largest absolute Gasteiger partial charge is 0.466 e. The van der Waals surface area contributed by atoms with E-state index >= 15 is 0 Å². The second-order valence-electron chi connectivity index (χ2n) is 3.64. The molecular weight excluding hydrogens is 196 g/mol. The van der Waals surface area contributed by atoms with Gasteiger partial charge in [-0.15, -0.1) is 6.58 Å². The molecule has 4 heteroatoms. The molecule has 0 aromatic carbocycles. The van der Waals surface area contributed by atoms with E-state index in [0.29, 0.717) is 17.6 Å². The molecule has 1 unspecified atom stereocenters. The van der Waals surface area contributed by atoms with Gasteiger partial charge in [0.25, 0.3) is 0 Å². The average molecular weight is 210 g/mol. The average Bonchev–Trinajstić information content (AvgIpc) is 2.23. The fraction of sp³-hybridized carbons (Fsp3) is 0.455. The molecule has 1 aliphatic rings. The van der Waals surface area contributed by atoms with Gasteiger partial charge in [-0.1, -0.05) is 13.0 Å².